The molecule has 17 rings (SSSR count). The fourth-order valence-corrected chi connectivity index (χ4v) is 15.6. The summed E-state index contributed by atoms with van der Waals surface area (Å²) in [4.78, 5) is 83.3. The fraction of sp³-hybridized carbons (Fsp3) is 0.276. The predicted molar refractivity (Wildman–Crippen MR) is 473 cm³/mol. The van der Waals surface area contributed by atoms with E-state index in [4.69, 9.17) is 63.3 Å². The number of aromatic nitrogens is 16. The van der Waals surface area contributed by atoms with Crippen LogP contribution in [0.5, 0.6) is 17.2 Å². The molecule has 41 heteroatoms. The summed E-state index contributed by atoms with van der Waals surface area (Å²) >= 11 is 26.8. The van der Waals surface area contributed by atoms with Crippen LogP contribution in [0.25, 0.3) is 66.8 Å². The molecule has 4 N–H and O–H groups in total. The number of pyridine rings is 5. The SMILES string of the molecule is CCOC(=O)Cn1nc2ncccc2c1I.COc1cc(N2CCN(C(=O)Cn3nc4ncccc4c3-c3ncco3)CC2)ccc1Cl.COc1cc(N2CCN(C(=O)Cn3nc4ncccc4c3I)CC2)ccc1Cl.COc1cc(N2CCNCC2)ccc1Cl.Ic1[nH]nc2ncccc12.O=C(O)Cn1nc2ncccc2c1I.[Li+].[OH-]. The summed E-state index contributed by atoms with van der Waals surface area (Å²) in [7, 11) is 4.85. The van der Waals surface area contributed by atoms with E-state index in [0.29, 0.717) is 107 Å². The van der Waals surface area contributed by atoms with Crippen LogP contribution in [0, 0.1) is 14.8 Å². The summed E-state index contributed by atoms with van der Waals surface area (Å²) in [5.74, 6) is 1.32. The van der Waals surface area contributed by atoms with Crippen molar-refractivity contribution in [3.05, 3.63) is 189 Å². The van der Waals surface area contributed by atoms with E-state index in [1.54, 1.807) is 85.5 Å². The van der Waals surface area contributed by atoms with E-state index in [-0.39, 0.29) is 68.3 Å². The van der Waals surface area contributed by atoms with Gasteiger partial charge in [-0.1, -0.05) is 34.8 Å². The number of aromatic amines is 1. The largest absolute Gasteiger partial charge is 1.00 e. The number of oxazole rings is 1. The Hall–Kier alpha value is -9.04. The molecule has 0 atom stereocenters. The van der Waals surface area contributed by atoms with Gasteiger partial charge in [0.15, 0.2) is 28.2 Å². The molecule has 14 aromatic rings. The van der Waals surface area contributed by atoms with Gasteiger partial charge < -0.3 is 63.8 Å². The maximum atomic E-state index is 13.1. The van der Waals surface area contributed by atoms with Crippen molar-refractivity contribution in [2.45, 2.75) is 33.1 Å². The predicted octanol–water partition coefficient (Wildman–Crippen LogP) is 9.01. The molecule has 0 radical (unpaired) electrons. The molecule has 2 amide bonds. The van der Waals surface area contributed by atoms with Gasteiger partial charge in [-0.2, -0.15) is 25.5 Å². The first-order chi connectivity index (χ1) is 55.8. The van der Waals surface area contributed by atoms with Gasteiger partial charge in [0.25, 0.3) is 0 Å². The molecular formula is C76H76Cl3I4LiN22O11. The van der Waals surface area contributed by atoms with Crippen LogP contribution in [0.2, 0.25) is 15.1 Å². The minimum absolute atomic E-state index is 0. The number of hydrogen-bond acceptors (Lipinski definition) is 25. The van der Waals surface area contributed by atoms with E-state index >= 15 is 0 Å². The number of anilines is 3. The Balaban J connectivity index is 0.000000154. The van der Waals surface area contributed by atoms with E-state index in [9.17, 15) is 19.2 Å². The number of rotatable bonds is 16. The van der Waals surface area contributed by atoms with Crippen molar-refractivity contribution in [1.82, 2.24) is 94.3 Å². The number of H-pyrrole nitrogens is 1. The van der Waals surface area contributed by atoms with E-state index in [1.165, 1.54) is 16.6 Å². The second-order valence-electron chi connectivity index (χ2n) is 25.2. The van der Waals surface area contributed by atoms with Crippen molar-refractivity contribution in [3.8, 4) is 28.8 Å². The van der Waals surface area contributed by atoms with Crippen molar-refractivity contribution in [2.75, 3.05) is 121 Å². The third-order valence-electron chi connectivity index (χ3n) is 18.1. The molecule has 0 bridgehead atoms. The molecule has 3 aromatic carbocycles. The van der Waals surface area contributed by atoms with Gasteiger partial charge in [-0.3, -0.25) is 24.3 Å². The molecule has 117 heavy (non-hydrogen) atoms. The number of hydrogen-bond donors (Lipinski definition) is 3. The van der Waals surface area contributed by atoms with Crippen molar-refractivity contribution in [2.24, 2.45) is 0 Å². The Bertz CT molecular complexity index is 5690. The number of fused-ring (bicyclic) bond motifs is 5. The zero-order valence-electron chi connectivity index (χ0n) is 63.7. The standard InChI is InChI=1S/C22H21ClN6O3.C19H19ClIN5O2.C11H15ClN2O.C10H10IN3O2.C8H6IN3O2.C6H4IN3.Li.H2O/c1-31-18-13-15(4-5-17(18)23)27-8-10-28(11-9-27)19(30)14-29-20(22-25-7-12-32-22)16-3-2-6-24-21(16)26-29;1-28-16-11-13(4-5-15(16)20)24-7-9-25(10-8-24)17(27)12-26-18(21)14-3-2-6-22-19(14)23-26;1-15-11-8-9(2-3-10(11)12)14-6-4-13-5-7-14;1-2-16-8(15)6-14-9(11)7-4-3-5-12-10(7)13-14;9-7-5-2-1-3-10-8(5)11-12(7)4-6(13)14;7-5-4-2-1-3-8-6(4)10-9-5;;/h2-7,12-13H,8-11,14H2,1H3;2-6,11H,7-10,12H2,1H3;2-3,8,13H,4-7H2,1H3;3-5H,2,6H2,1H3;1-3H,4H2,(H,13,14);1-3H,(H,8,9,10);;1H2/q;;;;;;+1;/p-1. The maximum Gasteiger partial charge on any atom is 1.00 e. The van der Waals surface area contributed by atoms with Crippen molar-refractivity contribution >= 4 is 221 Å². The molecule has 33 nitrogen and oxygen atoms in total. The summed E-state index contributed by atoms with van der Waals surface area (Å²) in [6, 6.07) is 36.3. The van der Waals surface area contributed by atoms with Gasteiger partial charge in [0.05, 0.1) is 76.1 Å². The minimum Gasteiger partial charge on any atom is -0.870 e. The number of amides is 2. The second-order valence-corrected chi connectivity index (χ2v) is 30.6. The van der Waals surface area contributed by atoms with Gasteiger partial charge in [0, 0.05) is 145 Å². The van der Waals surface area contributed by atoms with Gasteiger partial charge in [-0.05, 0) is 194 Å². The number of nitrogens with zero attached hydrogens (tertiary/aromatic N) is 20. The van der Waals surface area contributed by atoms with Gasteiger partial charge in [-0.25, -0.2) is 48.6 Å². The number of carboxylic acids is 1. The number of carboxylic acid groups (broad SMARTS) is 1. The number of benzene rings is 3. The van der Waals surface area contributed by atoms with Crippen LogP contribution in [-0.4, -0.2) is 230 Å². The first kappa shape index (κ1) is 90.3. The number of nitrogens with one attached hydrogen (secondary N) is 2. The monoisotopic (exact) mass is 2090 g/mol. The minimum atomic E-state index is -0.907. The third kappa shape index (κ3) is 23.1. The molecule has 0 unspecified atom stereocenters. The number of halogens is 7. The van der Waals surface area contributed by atoms with E-state index in [0.717, 1.165) is 104 Å². The Kier molecular flexibility index (Phi) is 33.6. The molecule has 11 aromatic heterocycles. The van der Waals surface area contributed by atoms with Crippen LogP contribution in [0.15, 0.2) is 163 Å². The number of esters is 1. The number of carbonyl (C=O) groups excluding carboxylic acids is 3. The zero-order chi connectivity index (χ0) is 81.1. The van der Waals surface area contributed by atoms with Crippen molar-refractivity contribution < 1.29 is 72.0 Å². The second kappa shape index (κ2) is 43.6. The molecule has 3 aliphatic heterocycles. The molecule has 0 spiro atoms. The Labute approximate surface area is 751 Å². The van der Waals surface area contributed by atoms with Gasteiger partial charge in [-0.15, -0.1) is 0 Å². The van der Waals surface area contributed by atoms with Crippen LogP contribution in [-0.2, 0) is 50.1 Å². The van der Waals surface area contributed by atoms with Gasteiger partial charge in [0.1, 0.15) is 70.2 Å². The van der Waals surface area contributed by atoms with E-state index in [2.05, 4.69) is 171 Å². The van der Waals surface area contributed by atoms with Crippen molar-refractivity contribution in [3.63, 3.8) is 0 Å². The van der Waals surface area contributed by atoms with E-state index in [1.807, 2.05) is 119 Å². The molecule has 3 aliphatic rings. The number of piperazine rings is 3. The summed E-state index contributed by atoms with van der Waals surface area (Å²) in [5.41, 5.74) is 7.13. The van der Waals surface area contributed by atoms with Crippen LogP contribution in [0.3, 0.4) is 0 Å². The molecule has 606 valence electrons. The van der Waals surface area contributed by atoms with E-state index < -0.39 is 5.97 Å². The van der Waals surface area contributed by atoms with Crippen molar-refractivity contribution in [1.29, 1.82) is 0 Å². The third-order valence-corrected chi connectivity index (χ3v) is 23.3. The topological polar surface area (TPSA) is 374 Å². The Morgan fingerprint density at radius 2 is 0.846 bits per heavy atom. The smallest absolute Gasteiger partial charge is 0.870 e. The normalized spacial score (nSPS) is 13.1. The molecule has 3 saturated heterocycles. The maximum absolute atomic E-state index is 13.1. The van der Waals surface area contributed by atoms with Crippen LogP contribution >= 0.6 is 125 Å². The zero-order valence-corrected chi connectivity index (χ0v) is 74.6. The first-order valence-corrected chi connectivity index (χ1v) is 41.2. The number of aliphatic carboxylic acids is 1. The summed E-state index contributed by atoms with van der Waals surface area (Å²) in [5, 5.41) is 42.6. The fourth-order valence-electron chi connectivity index (χ4n) is 12.4. The molecule has 0 aliphatic carbocycles. The number of ether oxygens (including phenoxy) is 4. The van der Waals surface area contributed by atoms with Crippen LogP contribution in [0.1, 0.15) is 6.92 Å². The summed E-state index contributed by atoms with van der Waals surface area (Å²) in [6.45, 7) is 12.1. The molecular weight excluding hydrogens is 2020 g/mol. The number of methoxy groups -OCH3 is 3. The quantitative estimate of drug-likeness (QED) is 0.0461. The summed E-state index contributed by atoms with van der Waals surface area (Å²) < 4.78 is 36.3. The average Bonchev–Trinajstić information content (AvgIpc) is 1.12. The molecule has 0 saturated carbocycles. The Morgan fingerprint density at radius 3 is 1.24 bits per heavy atom. The van der Waals surface area contributed by atoms with Gasteiger partial charge in [0.2, 0.25) is 17.7 Å². The average molecular weight is 2090 g/mol. The van der Waals surface area contributed by atoms with Crippen LogP contribution < -0.4 is 53.1 Å². The van der Waals surface area contributed by atoms with Crippen LogP contribution in [0.4, 0.5) is 17.1 Å². The first-order valence-electron chi connectivity index (χ1n) is 35.8. The molecule has 14 heterocycles. The summed E-state index contributed by atoms with van der Waals surface area (Å²) in [6.07, 6.45) is 11.5. The molecule has 3 fully saturated rings. The van der Waals surface area contributed by atoms with Gasteiger partial charge >= 0.3 is 30.8 Å². The Morgan fingerprint density at radius 1 is 0.470 bits per heavy atom. The number of carbonyl (C=O) groups is 4.